The van der Waals surface area contributed by atoms with Crippen LogP contribution < -0.4 is 5.14 Å². The molecule has 0 aliphatic carbocycles. The molecule has 0 saturated carbocycles. The quantitative estimate of drug-likeness (QED) is 0.616. The van der Waals surface area contributed by atoms with E-state index in [2.05, 4.69) is 10.2 Å². The summed E-state index contributed by atoms with van der Waals surface area (Å²) in [5.74, 6) is -2.49. The third kappa shape index (κ3) is 3.62. The largest absolute Gasteiger partial charge is 0.480 e. The van der Waals surface area contributed by atoms with Crippen molar-refractivity contribution in [3.63, 3.8) is 0 Å². The fourth-order valence-electron chi connectivity index (χ4n) is 2.66. The number of rotatable bonds is 5. The van der Waals surface area contributed by atoms with Gasteiger partial charge in [0.25, 0.3) is 0 Å². The monoisotopic (exact) mass is 391 g/mol. The predicted octanol–water partition coefficient (Wildman–Crippen LogP) is 2.59. The minimum Gasteiger partial charge on any atom is -0.480 e. The summed E-state index contributed by atoms with van der Waals surface area (Å²) in [6.07, 6.45) is 0. The molecule has 0 amide bonds. The molecule has 1 aromatic heterocycles. The fraction of sp³-hybridized carbons (Fsp3) is 0.0588. The summed E-state index contributed by atoms with van der Waals surface area (Å²) in [5, 5.41) is 22.3. The Bertz CT molecular complexity index is 1060. The fourth-order valence-corrected chi connectivity index (χ4v) is 3.57. The normalized spacial score (nSPS) is 12.7. The molecule has 7 nitrogen and oxygen atoms in total. The van der Waals surface area contributed by atoms with Gasteiger partial charge >= 0.3 is 5.97 Å². The van der Waals surface area contributed by atoms with Crippen LogP contribution in [0, 0.1) is 0 Å². The number of aromatic amines is 1. The lowest BCUT2D eigenvalue weighted by atomic mass is 9.95. The zero-order valence-electron chi connectivity index (χ0n) is 13.3. The molecule has 1 heterocycles. The standard InChI is InChI=1S/C17H14ClN3O4S/c18-11-7-5-10(6-8-11)13-9-14(21-20-13)16(17(22)23)12-3-1-2-4-15(12)26(19,24)25/h1-9,16H,(H,20,21)(H,22,23)(H2,19,24,25). The highest BCUT2D eigenvalue weighted by Gasteiger charge is 2.29. The van der Waals surface area contributed by atoms with Crippen molar-refractivity contribution in [2.75, 3.05) is 0 Å². The Morgan fingerprint density at radius 1 is 1.15 bits per heavy atom. The number of nitrogens with two attached hydrogens (primary N) is 1. The lowest BCUT2D eigenvalue weighted by Gasteiger charge is -2.14. The van der Waals surface area contributed by atoms with Crippen molar-refractivity contribution in [2.24, 2.45) is 5.14 Å². The number of carboxylic acid groups (broad SMARTS) is 1. The SMILES string of the molecule is NS(=O)(=O)c1ccccc1C(C(=O)O)c1cc(-c2ccc(Cl)cc2)n[nH]1. The summed E-state index contributed by atoms with van der Waals surface area (Å²) in [7, 11) is -4.08. The number of H-pyrrole nitrogens is 1. The minimum atomic E-state index is -4.08. The maximum Gasteiger partial charge on any atom is 0.317 e. The first-order chi connectivity index (χ1) is 12.3. The van der Waals surface area contributed by atoms with E-state index in [4.69, 9.17) is 16.7 Å². The molecule has 0 saturated heterocycles. The molecule has 1 unspecified atom stereocenters. The van der Waals surface area contributed by atoms with Gasteiger partial charge in [0.05, 0.1) is 16.3 Å². The molecule has 9 heteroatoms. The van der Waals surface area contributed by atoms with E-state index in [0.29, 0.717) is 10.7 Å². The van der Waals surface area contributed by atoms with Crippen LogP contribution in [-0.4, -0.2) is 29.7 Å². The van der Waals surface area contributed by atoms with Gasteiger partial charge in [-0.25, -0.2) is 13.6 Å². The zero-order chi connectivity index (χ0) is 18.9. The van der Waals surface area contributed by atoms with Crippen LogP contribution in [0.25, 0.3) is 11.3 Å². The van der Waals surface area contributed by atoms with Gasteiger partial charge in [-0.05, 0) is 29.8 Å². The van der Waals surface area contributed by atoms with E-state index < -0.39 is 21.9 Å². The molecule has 3 aromatic rings. The molecule has 0 aliphatic rings. The number of benzene rings is 2. The maximum atomic E-state index is 11.9. The molecular formula is C17H14ClN3O4S. The summed E-state index contributed by atoms with van der Waals surface area (Å²) in [6.45, 7) is 0. The number of primary sulfonamides is 1. The van der Waals surface area contributed by atoms with Crippen LogP contribution in [0.5, 0.6) is 0 Å². The molecule has 0 bridgehead atoms. The molecular weight excluding hydrogens is 378 g/mol. The van der Waals surface area contributed by atoms with Crippen LogP contribution in [0.2, 0.25) is 5.02 Å². The number of sulfonamides is 1. The van der Waals surface area contributed by atoms with Crippen molar-refractivity contribution >= 4 is 27.6 Å². The van der Waals surface area contributed by atoms with Gasteiger partial charge in [-0.1, -0.05) is 41.9 Å². The zero-order valence-corrected chi connectivity index (χ0v) is 14.8. The Morgan fingerprint density at radius 3 is 2.42 bits per heavy atom. The predicted molar refractivity (Wildman–Crippen MR) is 96.3 cm³/mol. The van der Waals surface area contributed by atoms with Crippen molar-refractivity contribution < 1.29 is 18.3 Å². The van der Waals surface area contributed by atoms with Crippen molar-refractivity contribution in [3.8, 4) is 11.3 Å². The van der Waals surface area contributed by atoms with Gasteiger partial charge in [-0.2, -0.15) is 5.10 Å². The number of carbonyl (C=O) groups is 1. The molecule has 0 spiro atoms. The number of nitrogens with zero attached hydrogens (tertiary/aromatic N) is 1. The number of nitrogens with one attached hydrogen (secondary N) is 1. The molecule has 2 aromatic carbocycles. The highest BCUT2D eigenvalue weighted by Crippen LogP contribution is 2.31. The summed E-state index contributed by atoms with van der Waals surface area (Å²) in [4.78, 5) is 11.6. The first-order valence-electron chi connectivity index (χ1n) is 7.43. The van der Waals surface area contributed by atoms with Gasteiger partial charge < -0.3 is 5.11 Å². The second-order valence-corrected chi connectivity index (χ2v) is 7.54. The van der Waals surface area contributed by atoms with E-state index in [1.165, 1.54) is 18.2 Å². The first-order valence-corrected chi connectivity index (χ1v) is 9.35. The molecule has 3 rings (SSSR count). The van der Waals surface area contributed by atoms with Crippen molar-refractivity contribution in [3.05, 3.63) is 70.9 Å². The Kier molecular flexibility index (Phi) is 4.82. The summed E-state index contributed by atoms with van der Waals surface area (Å²) in [6, 6.07) is 14.2. The number of hydrogen-bond acceptors (Lipinski definition) is 4. The van der Waals surface area contributed by atoms with Gasteiger partial charge in [-0.15, -0.1) is 0 Å². The number of aromatic nitrogens is 2. The van der Waals surface area contributed by atoms with Crippen molar-refractivity contribution in [1.29, 1.82) is 0 Å². The van der Waals surface area contributed by atoms with Crippen LogP contribution in [0.1, 0.15) is 17.2 Å². The number of hydrogen-bond donors (Lipinski definition) is 3. The number of aliphatic carboxylic acids is 1. The lowest BCUT2D eigenvalue weighted by molar-refractivity contribution is -0.137. The van der Waals surface area contributed by atoms with Crippen LogP contribution in [-0.2, 0) is 14.8 Å². The topological polar surface area (TPSA) is 126 Å². The molecule has 4 N–H and O–H groups in total. The molecule has 0 fully saturated rings. The maximum absolute atomic E-state index is 11.9. The Hall–Kier alpha value is -2.68. The van der Waals surface area contributed by atoms with Crippen molar-refractivity contribution in [2.45, 2.75) is 10.8 Å². The average Bonchev–Trinajstić information content (AvgIpc) is 3.04. The lowest BCUT2D eigenvalue weighted by Crippen LogP contribution is -2.20. The Labute approximate surface area is 154 Å². The van der Waals surface area contributed by atoms with E-state index in [9.17, 15) is 18.3 Å². The highest BCUT2D eigenvalue weighted by atomic mass is 35.5. The number of halogens is 1. The second-order valence-electron chi connectivity index (χ2n) is 5.57. The molecule has 26 heavy (non-hydrogen) atoms. The third-order valence-corrected chi connectivity index (χ3v) is 5.07. The first kappa shape index (κ1) is 18.1. The molecule has 1 atom stereocenters. The Balaban J connectivity index is 2.09. The summed E-state index contributed by atoms with van der Waals surface area (Å²) in [5.41, 5.74) is 1.55. The van der Waals surface area contributed by atoms with Crippen LogP contribution >= 0.6 is 11.6 Å². The molecule has 0 radical (unpaired) electrons. The van der Waals surface area contributed by atoms with Gasteiger partial charge in [0, 0.05) is 10.6 Å². The molecule has 0 aliphatic heterocycles. The van der Waals surface area contributed by atoms with Gasteiger partial charge in [-0.3, -0.25) is 9.89 Å². The molecule has 134 valence electrons. The smallest absolute Gasteiger partial charge is 0.317 e. The highest BCUT2D eigenvalue weighted by molar-refractivity contribution is 7.89. The van der Waals surface area contributed by atoms with Crippen molar-refractivity contribution in [1.82, 2.24) is 10.2 Å². The van der Waals surface area contributed by atoms with Gasteiger partial charge in [0.2, 0.25) is 10.0 Å². The van der Waals surface area contributed by atoms with Gasteiger partial charge in [0.15, 0.2) is 0 Å². The van der Waals surface area contributed by atoms with Gasteiger partial charge in [0.1, 0.15) is 5.92 Å². The van der Waals surface area contributed by atoms with E-state index in [-0.39, 0.29) is 16.2 Å². The van der Waals surface area contributed by atoms with Crippen LogP contribution in [0.4, 0.5) is 0 Å². The summed E-state index contributed by atoms with van der Waals surface area (Å²) < 4.78 is 23.6. The van der Waals surface area contributed by atoms with E-state index >= 15 is 0 Å². The summed E-state index contributed by atoms with van der Waals surface area (Å²) >= 11 is 5.86. The van der Waals surface area contributed by atoms with E-state index in [0.717, 1.165) is 5.56 Å². The average molecular weight is 392 g/mol. The van der Waals surface area contributed by atoms with Crippen LogP contribution in [0.3, 0.4) is 0 Å². The van der Waals surface area contributed by atoms with Crippen LogP contribution in [0.15, 0.2) is 59.5 Å². The minimum absolute atomic E-state index is 0.0637. The second kappa shape index (κ2) is 6.91. The van der Waals surface area contributed by atoms with E-state index in [1.807, 2.05) is 0 Å². The third-order valence-electron chi connectivity index (χ3n) is 3.83. The number of carboxylic acids is 1. The Morgan fingerprint density at radius 2 is 1.81 bits per heavy atom. The van der Waals surface area contributed by atoms with E-state index in [1.54, 1.807) is 36.4 Å².